The highest BCUT2D eigenvalue weighted by Crippen LogP contribution is 2.41. The molecule has 1 N–H and O–H groups in total. The second kappa shape index (κ2) is 4.91. The lowest BCUT2D eigenvalue weighted by molar-refractivity contribution is -0.250. The maximum Gasteiger partial charge on any atom is 0.418 e. The van der Waals surface area contributed by atoms with Crippen molar-refractivity contribution in [1.82, 2.24) is 4.98 Å². The van der Waals surface area contributed by atoms with Gasteiger partial charge in [0, 0.05) is 19.2 Å². The van der Waals surface area contributed by atoms with Crippen LogP contribution >= 0.6 is 11.6 Å². The molecular weight excluding hydrogens is 326 g/mol. The lowest BCUT2D eigenvalue weighted by Crippen LogP contribution is -2.47. The zero-order valence-electron chi connectivity index (χ0n) is 10.3. The van der Waals surface area contributed by atoms with Crippen LogP contribution in [-0.4, -0.2) is 35.0 Å². The van der Waals surface area contributed by atoms with Gasteiger partial charge in [0.05, 0.1) is 17.1 Å². The third-order valence-corrected chi connectivity index (χ3v) is 3.50. The molecule has 2 rings (SSSR count). The number of aliphatic hydroxyl groups is 1. The molecule has 1 saturated heterocycles. The molecule has 1 atom stereocenters. The van der Waals surface area contributed by atoms with Gasteiger partial charge in [0.25, 0.3) is 0 Å². The number of hydrogen-bond acceptors (Lipinski definition) is 3. The van der Waals surface area contributed by atoms with E-state index in [0.717, 1.165) is 4.90 Å². The average molecular weight is 335 g/mol. The van der Waals surface area contributed by atoms with E-state index in [9.17, 15) is 31.4 Å². The smallest absolute Gasteiger partial charge is 0.379 e. The van der Waals surface area contributed by atoms with Gasteiger partial charge in [-0.25, -0.2) is 4.98 Å². The minimum Gasteiger partial charge on any atom is -0.379 e. The first kappa shape index (κ1) is 16.2. The minimum atomic E-state index is -4.83. The predicted molar refractivity (Wildman–Crippen MR) is 62.1 cm³/mol. The standard InChI is InChI=1S/C11H9ClF6N2O/c12-7-3-6(10(13,14)15)4-19-8(7)20-2-1-9(21,5-20)11(16,17)18/h3-4,21H,1-2,5H2. The fourth-order valence-corrected chi connectivity index (χ4v) is 2.31. The Kier molecular flexibility index (Phi) is 3.78. The van der Waals surface area contributed by atoms with Crippen LogP contribution in [0.4, 0.5) is 32.2 Å². The van der Waals surface area contributed by atoms with Gasteiger partial charge in [-0.05, 0) is 6.07 Å². The van der Waals surface area contributed by atoms with Crippen LogP contribution in [0, 0.1) is 0 Å². The van der Waals surface area contributed by atoms with Gasteiger partial charge < -0.3 is 10.0 Å². The average Bonchev–Trinajstić information content (AvgIpc) is 2.71. The van der Waals surface area contributed by atoms with Crippen molar-refractivity contribution in [1.29, 1.82) is 0 Å². The summed E-state index contributed by atoms with van der Waals surface area (Å²) in [7, 11) is 0. The molecule has 1 aromatic heterocycles. The van der Waals surface area contributed by atoms with Crippen LogP contribution in [-0.2, 0) is 6.18 Å². The topological polar surface area (TPSA) is 36.4 Å². The van der Waals surface area contributed by atoms with Crippen LogP contribution in [0.15, 0.2) is 12.3 Å². The molecule has 0 aliphatic carbocycles. The molecule has 1 unspecified atom stereocenters. The van der Waals surface area contributed by atoms with Gasteiger partial charge in [0.2, 0.25) is 0 Å². The summed E-state index contributed by atoms with van der Waals surface area (Å²) in [6, 6.07) is 0.592. The minimum absolute atomic E-state index is 0.214. The molecule has 3 nitrogen and oxygen atoms in total. The first-order valence-corrected chi connectivity index (χ1v) is 6.09. The van der Waals surface area contributed by atoms with Gasteiger partial charge in [0.15, 0.2) is 5.60 Å². The molecule has 21 heavy (non-hydrogen) atoms. The lowest BCUT2D eigenvalue weighted by atomic mass is 10.0. The summed E-state index contributed by atoms with van der Waals surface area (Å²) in [5.41, 5.74) is -4.01. The molecule has 0 radical (unpaired) electrons. The number of β-amino-alcohol motifs (C(OH)–C–C–N with tert-alkyl or cyclic N) is 1. The van der Waals surface area contributed by atoms with Crippen LogP contribution < -0.4 is 4.90 Å². The third kappa shape index (κ3) is 3.03. The number of anilines is 1. The predicted octanol–water partition coefficient (Wildman–Crippen LogP) is 3.26. The van der Waals surface area contributed by atoms with Crippen molar-refractivity contribution in [2.45, 2.75) is 24.4 Å². The van der Waals surface area contributed by atoms with E-state index in [0.29, 0.717) is 12.3 Å². The summed E-state index contributed by atoms with van der Waals surface area (Å²) in [6.07, 6.45) is -9.59. The first-order chi connectivity index (χ1) is 9.44. The number of halogens is 7. The van der Waals surface area contributed by atoms with Crippen molar-refractivity contribution in [3.8, 4) is 0 Å². The summed E-state index contributed by atoms with van der Waals surface area (Å²) < 4.78 is 75.4. The second-order valence-corrected chi connectivity index (χ2v) is 5.14. The Bertz CT molecular complexity index is 546. The maximum absolute atomic E-state index is 12.7. The van der Waals surface area contributed by atoms with E-state index in [2.05, 4.69) is 4.98 Å². The normalized spacial score (nSPS) is 23.7. The van der Waals surface area contributed by atoms with Crippen molar-refractivity contribution < 1.29 is 31.4 Å². The van der Waals surface area contributed by atoms with Crippen molar-refractivity contribution in [2.24, 2.45) is 0 Å². The molecule has 1 aromatic rings. The van der Waals surface area contributed by atoms with Gasteiger partial charge in [-0.3, -0.25) is 0 Å². The molecule has 0 spiro atoms. The van der Waals surface area contributed by atoms with Crippen molar-refractivity contribution in [3.05, 3.63) is 22.8 Å². The molecule has 118 valence electrons. The number of rotatable bonds is 1. The quantitative estimate of drug-likeness (QED) is 0.801. The number of hydrogen-bond donors (Lipinski definition) is 1. The lowest BCUT2D eigenvalue weighted by Gasteiger charge is -2.26. The molecule has 0 amide bonds. The monoisotopic (exact) mass is 334 g/mol. The Labute approximate surface area is 120 Å². The SMILES string of the molecule is OC1(C(F)(F)F)CCN(c2ncc(C(F)(F)F)cc2Cl)C1. The summed E-state index contributed by atoms with van der Waals surface area (Å²) in [5, 5.41) is 9.10. The van der Waals surface area contributed by atoms with Crippen molar-refractivity contribution in [2.75, 3.05) is 18.0 Å². The third-order valence-electron chi connectivity index (χ3n) is 3.22. The van der Waals surface area contributed by atoms with E-state index in [1.54, 1.807) is 0 Å². The van der Waals surface area contributed by atoms with Gasteiger partial charge in [-0.1, -0.05) is 11.6 Å². The molecule has 0 aromatic carbocycles. The fourth-order valence-electron chi connectivity index (χ4n) is 2.02. The molecule has 0 saturated carbocycles. The van der Waals surface area contributed by atoms with E-state index in [4.69, 9.17) is 11.6 Å². The second-order valence-electron chi connectivity index (χ2n) is 4.73. The molecule has 1 aliphatic rings. The van der Waals surface area contributed by atoms with Crippen LogP contribution in [0.5, 0.6) is 0 Å². The highest BCUT2D eigenvalue weighted by molar-refractivity contribution is 6.33. The number of alkyl halides is 6. The molecule has 10 heteroatoms. The largest absolute Gasteiger partial charge is 0.418 e. The highest BCUT2D eigenvalue weighted by Gasteiger charge is 2.57. The summed E-state index contributed by atoms with van der Waals surface area (Å²) >= 11 is 5.66. The molecular formula is C11H9ClF6N2O. The van der Waals surface area contributed by atoms with Gasteiger partial charge in [-0.2, -0.15) is 26.3 Å². The molecule has 2 heterocycles. The van der Waals surface area contributed by atoms with E-state index in [1.165, 1.54) is 0 Å². The van der Waals surface area contributed by atoms with Crippen LogP contribution in [0.2, 0.25) is 5.02 Å². The van der Waals surface area contributed by atoms with Crippen molar-refractivity contribution in [3.63, 3.8) is 0 Å². The van der Waals surface area contributed by atoms with E-state index in [1.807, 2.05) is 0 Å². The number of pyridine rings is 1. The Morgan fingerprint density at radius 3 is 2.29 bits per heavy atom. The van der Waals surface area contributed by atoms with Crippen LogP contribution in [0.25, 0.3) is 0 Å². The van der Waals surface area contributed by atoms with Crippen LogP contribution in [0.1, 0.15) is 12.0 Å². The van der Waals surface area contributed by atoms with E-state index in [-0.39, 0.29) is 12.4 Å². The Hall–Kier alpha value is -1.22. The zero-order valence-corrected chi connectivity index (χ0v) is 11.0. The highest BCUT2D eigenvalue weighted by atomic mass is 35.5. The maximum atomic E-state index is 12.7. The van der Waals surface area contributed by atoms with E-state index < -0.39 is 41.5 Å². The van der Waals surface area contributed by atoms with Crippen LogP contribution in [0.3, 0.4) is 0 Å². The molecule has 1 fully saturated rings. The van der Waals surface area contributed by atoms with E-state index >= 15 is 0 Å². The molecule has 1 aliphatic heterocycles. The Morgan fingerprint density at radius 1 is 1.24 bits per heavy atom. The Balaban J connectivity index is 2.26. The number of aromatic nitrogens is 1. The van der Waals surface area contributed by atoms with Crippen molar-refractivity contribution >= 4 is 17.4 Å². The summed E-state index contributed by atoms with van der Waals surface area (Å²) in [6.45, 7) is -1.04. The first-order valence-electron chi connectivity index (χ1n) is 5.71. The number of nitrogens with zero attached hydrogens (tertiary/aromatic N) is 2. The van der Waals surface area contributed by atoms with Gasteiger partial charge >= 0.3 is 12.4 Å². The Morgan fingerprint density at radius 2 is 1.86 bits per heavy atom. The fraction of sp³-hybridized carbons (Fsp3) is 0.545. The summed E-state index contributed by atoms with van der Waals surface area (Å²) in [4.78, 5) is 4.48. The van der Waals surface area contributed by atoms with Gasteiger partial charge in [-0.15, -0.1) is 0 Å². The molecule has 0 bridgehead atoms. The summed E-state index contributed by atoms with van der Waals surface area (Å²) in [5.74, 6) is -0.218. The zero-order chi connectivity index (χ0) is 16.1. The van der Waals surface area contributed by atoms with Gasteiger partial charge in [0.1, 0.15) is 5.82 Å².